The second-order valence-electron chi connectivity index (χ2n) is 3.80. The number of hydrogen-bond donors (Lipinski definition) is 1. The van der Waals surface area contributed by atoms with Crippen molar-refractivity contribution in [2.24, 2.45) is 0 Å². The molecule has 0 fully saturated rings. The number of nitrogens with zero attached hydrogens (tertiary/aromatic N) is 1. The van der Waals surface area contributed by atoms with Crippen LogP contribution in [-0.2, 0) is 16.0 Å². The minimum absolute atomic E-state index is 0.413. The van der Waals surface area contributed by atoms with Gasteiger partial charge in [0.1, 0.15) is 19.1 Å². The van der Waals surface area contributed by atoms with Crippen LogP contribution in [-0.4, -0.2) is 29.5 Å². The predicted octanol–water partition coefficient (Wildman–Crippen LogP) is 2.18. The lowest BCUT2D eigenvalue weighted by atomic mass is 10.6. The van der Waals surface area contributed by atoms with Crippen LogP contribution in [0.25, 0.3) is 0 Å². The van der Waals surface area contributed by atoms with Gasteiger partial charge in [-0.15, -0.1) is 0 Å². The number of rotatable bonds is 7. The average molecular weight is 267 g/mol. The fraction of sp³-hybridized carbons (Fsp3) is 0.385. The second kappa shape index (κ2) is 6.75. The summed E-state index contributed by atoms with van der Waals surface area (Å²) in [5.41, 5.74) is 0. The summed E-state index contributed by atoms with van der Waals surface area (Å²) in [7, 11) is 0. The van der Waals surface area contributed by atoms with Gasteiger partial charge in [-0.25, -0.2) is 0 Å². The fourth-order valence-electron chi connectivity index (χ4n) is 1.59. The summed E-state index contributed by atoms with van der Waals surface area (Å²) in [6.07, 6.45) is 7.59. The third kappa shape index (κ3) is 3.69. The zero-order chi connectivity index (χ0) is 13.5. The molecule has 0 radical (unpaired) electrons. The van der Waals surface area contributed by atoms with E-state index in [0.717, 1.165) is 17.8 Å². The Hall–Kier alpha value is -2.08. The molecule has 1 N–H and O–H groups in total. The Kier molecular flexibility index (Phi) is 4.74. The Morgan fingerprint density at radius 3 is 2.58 bits per heavy atom. The molecule has 6 nitrogen and oxygen atoms in total. The lowest BCUT2D eigenvalue weighted by Gasteiger charge is -2.05. The van der Waals surface area contributed by atoms with Crippen molar-refractivity contribution in [1.82, 2.24) is 4.57 Å². The summed E-state index contributed by atoms with van der Waals surface area (Å²) in [6, 6.07) is 0. The predicted molar refractivity (Wildman–Crippen MR) is 68.0 cm³/mol. The van der Waals surface area contributed by atoms with Crippen LogP contribution in [0.3, 0.4) is 0 Å². The molecule has 19 heavy (non-hydrogen) atoms. The van der Waals surface area contributed by atoms with Crippen molar-refractivity contribution in [1.29, 1.82) is 0 Å². The molecule has 0 atom stereocenters. The number of aromatic nitrogens is 1. The molecule has 104 valence electrons. The van der Waals surface area contributed by atoms with Gasteiger partial charge in [-0.2, -0.15) is 0 Å². The van der Waals surface area contributed by atoms with Crippen molar-refractivity contribution < 1.29 is 24.1 Å². The maximum Gasteiger partial charge on any atom is 0.286 e. The number of hydrogen-bond acceptors (Lipinski definition) is 5. The van der Waals surface area contributed by atoms with Crippen LogP contribution in [0.5, 0.6) is 11.5 Å². The quantitative estimate of drug-likeness (QED) is 0.606. The topological polar surface area (TPSA) is 62.1 Å². The molecule has 1 aromatic rings. The fourth-order valence-corrected chi connectivity index (χ4v) is 1.59. The summed E-state index contributed by atoms with van der Waals surface area (Å²) >= 11 is 0. The lowest BCUT2D eigenvalue weighted by molar-refractivity contribution is 0.0786. The number of aliphatic hydroxyl groups excluding tert-OH is 1. The maximum atomic E-state index is 8.33. The first-order chi connectivity index (χ1) is 9.33. The van der Waals surface area contributed by atoms with Gasteiger partial charge in [0.05, 0.1) is 25.6 Å². The van der Waals surface area contributed by atoms with Crippen LogP contribution in [0.15, 0.2) is 36.9 Å². The Balaban J connectivity index is 1.65. The van der Waals surface area contributed by atoms with Gasteiger partial charge in [-0.3, -0.25) is 0 Å². The monoisotopic (exact) mass is 267 g/mol. The van der Waals surface area contributed by atoms with Gasteiger partial charge >= 0.3 is 0 Å². The largest absolute Gasteiger partial charge is 0.512 e. The van der Waals surface area contributed by atoms with E-state index in [2.05, 4.69) is 0 Å². The van der Waals surface area contributed by atoms with E-state index in [4.69, 9.17) is 24.1 Å². The van der Waals surface area contributed by atoms with E-state index in [1.807, 2.05) is 23.9 Å². The first kappa shape index (κ1) is 13.4. The molecular formula is C13H17NO5. The van der Waals surface area contributed by atoms with Crippen LogP contribution < -0.4 is 9.47 Å². The summed E-state index contributed by atoms with van der Waals surface area (Å²) in [4.78, 5) is 0. The third-order valence-corrected chi connectivity index (χ3v) is 2.46. The van der Waals surface area contributed by atoms with E-state index in [1.54, 1.807) is 6.08 Å². The summed E-state index contributed by atoms with van der Waals surface area (Å²) < 4.78 is 23.1. The molecule has 1 aliphatic rings. The van der Waals surface area contributed by atoms with E-state index in [-0.39, 0.29) is 0 Å². The molecule has 2 rings (SSSR count). The SMILES string of the molecule is CC=C1Oc2cn(CCOCCO/C=C/O)cc2O1. The summed E-state index contributed by atoms with van der Waals surface area (Å²) in [5, 5.41) is 8.33. The van der Waals surface area contributed by atoms with Crippen LogP contribution in [0.2, 0.25) is 0 Å². The molecule has 0 aliphatic carbocycles. The zero-order valence-corrected chi connectivity index (χ0v) is 10.7. The standard InChI is InChI=1S/C13H17NO5/c1-2-13-18-11-9-14(10-12(11)19-13)3-5-16-7-8-17-6-4-15/h2,4,6,9-10,15H,3,5,7-8H2,1H3/b6-4+. The maximum absolute atomic E-state index is 8.33. The summed E-state index contributed by atoms with van der Waals surface area (Å²) in [5.74, 6) is 1.97. The molecule has 0 spiro atoms. The van der Waals surface area contributed by atoms with Gasteiger partial charge in [0, 0.05) is 6.54 Å². The van der Waals surface area contributed by atoms with E-state index in [1.165, 1.54) is 6.26 Å². The Bertz CT molecular complexity index is 438. The van der Waals surface area contributed by atoms with Gasteiger partial charge in [0.2, 0.25) is 0 Å². The normalized spacial score (nSPS) is 13.2. The van der Waals surface area contributed by atoms with Crippen LogP contribution in [0.1, 0.15) is 6.92 Å². The molecule has 0 bridgehead atoms. The molecular weight excluding hydrogens is 250 g/mol. The van der Waals surface area contributed by atoms with E-state index in [0.29, 0.717) is 32.3 Å². The van der Waals surface area contributed by atoms with Crippen molar-refractivity contribution in [2.45, 2.75) is 13.5 Å². The Labute approximate surface area is 111 Å². The zero-order valence-electron chi connectivity index (χ0n) is 10.7. The molecule has 1 aromatic heterocycles. The van der Waals surface area contributed by atoms with Crippen molar-refractivity contribution >= 4 is 0 Å². The van der Waals surface area contributed by atoms with Crippen molar-refractivity contribution in [3.05, 3.63) is 36.9 Å². The molecule has 1 aliphatic heterocycles. The van der Waals surface area contributed by atoms with Gasteiger partial charge in [0.15, 0.2) is 11.5 Å². The average Bonchev–Trinajstić information content (AvgIpc) is 2.95. The first-order valence-electron chi connectivity index (χ1n) is 6.04. The van der Waals surface area contributed by atoms with Gasteiger partial charge in [-0.1, -0.05) is 0 Å². The third-order valence-electron chi connectivity index (χ3n) is 2.46. The first-order valence-corrected chi connectivity index (χ1v) is 6.04. The van der Waals surface area contributed by atoms with Crippen molar-refractivity contribution in [2.75, 3.05) is 19.8 Å². The van der Waals surface area contributed by atoms with Crippen molar-refractivity contribution in [3.63, 3.8) is 0 Å². The van der Waals surface area contributed by atoms with Crippen molar-refractivity contribution in [3.8, 4) is 11.5 Å². The molecule has 0 unspecified atom stereocenters. The van der Waals surface area contributed by atoms with Gasteiger partial charge in [0.25, 0.3) is 5.95 Å². The molecule has 0 saturated carbocycles. The highest BCUT2D eigenvalue weighted by Crippen LogP contribution is 2.36. The molecule has 6 heteroatoms. The second-order valence-corrected chi connectivity index (χ2v) is 3.80. The summed E-state index contributed by atoms with van der Waals surface area (Å²) in [6.45, 7) is 4.02. The Morgan fingerprint density at radius 2 is 1.95 bits per heavy atom. The number of allylic oxidation sites excluding steroid dienone is 1. The van der Waals surface area contributed by atoms with Gasteiger partial charge < -0.3 is 28.6 Å². The molecule has 2 heterocycles. The highest BCUT2D eigenvalue weighted by molar-refractivity contribution is 5.43. The highest BCUT2D eigenvalue weighted by atomic mass is 16.7. The van der Waals surface area contributed by atoms with Crippen LogP contribution in [0.4, 0.5) is 0 Å². The molecule has 0 amide bonds. The number of fused-ring (bicyclic) bond motifs is 1. The lowest BCUT2D eigenvalue weighted by Crippen LogP contribution is -2.08. The van der Waals surface area contributed by atoms with Crippen LogP contribution >= 0.6 is 0 Å². The number of aliphatic hydroxyl groups is 1. The smallest absolute Gasteiger partial charge is 0.286 e. The Morgan fingerprint density at radius 1 is 1.21 bits per heavy atom. The van der Waals surface area contributed by atoms with Crippen LogP contribution in [0, 0.1) is 0 Å². The van der Waals surface area contributed by atoms with E-state index >= 15 is 0 Å². The highest BCUT2D eigenvalue weighted by Gasteiger charge is 2.20. The molecule has 0 aromatic carbocycles. The van der Waals surface area contributed by atoms with Gasteiger partial charge in [-0.05, 0) is 13.0 Å². The minimum atomic E-state index is 0.413. The number of ether oxygens (including phenoxy) is 4. The van der Waals surface area contributed by atoms with E-state index < -0.39 is 0 Å². The molecule has 0 saturated heterocycles. The minimum Gasteiger partial charge on any atom is -0.512 e. The van der Waals surface area contributed by atoms with E-state index in [9.17, 15) is 0 Å².